The molecule has 4 nitrogen and oxygen atoms in total. The molecule has 1 aliphatic rings. The summed E-state index contributed by atoms with van der Waals surface area (Å²) in [6, 6.07) is 17.4. The predicted molar refractivity (Wildman–Crippen MR) is 104 cm³/mol. The number of carbonyl (C=O) groups is 1. The molecule has 0 unspecified atom stereocenters. The van der Waals surface area contributed by atoms with E-state index >= 15 is 0 Å². The van der Waals surface area contributed by atoms with Crippen molar-refractivity contribution in [3.8, 4) is 5.75 Å². The van der Waals surface area contributed by atoms with E-state index in [1.807, 2.05) is 48.5 Å². The third-order valence-corrected chi connectivity index (χ3v) is 5.00. The van der Waals surface area contributed by atoms with E-state index in [1.54, 1.807) is 0 Å². The Morgan fingerprint density at radius 1 is 1.08 bits per heavy atom. The van der Waals surface area contributed by atoms with Gasteiger partial charge in [-0.2, -0.15) is 0 Å². The van der Waals surface area contributed by atoms with Gasteiger partial charge in [0.25, 0.3) is 0 Å². The maximum Gasteiger partial charge on any atom is 0.169 e. The molecule has 1 fully saturated rings. The second-order valence-electron chi connectivity index (χ2n) is 6.46. The Hall–Kier alpha value is -2.59. The molecule has 0 aliphatic carbocycles. The molecule has 0 saturated carbocycles. The first-order chi connectivity index (χ1) is 12.7. The summed E-state index contributed by atoms with van der Waals surface area (Å²) in [7, 11) is 0. The highest BCUT2D eigenvalue weighted by Crippen LogP contribution is 2.26. The van der Waals surface area contributed by atoms with Gasteiger partial charge in [-0.3, -0.25) is 4.79 Å². The Morgan fingerprint density at radius 2 is 1.81 bits per heavy atom. The van der Waals surface area contributed by atoms with Crippen molar-refractivity contribution in [1.82, 2.24) is 4.98 Å². The molecule has 1 aromatic heterocycles. The van der Waals surface area contributed by atoms with Crippen molar-refractivity contribution >= 4 is 34.5 Å². The Labute approximate surface area is 157 Å². The summed E-state index contributed by atoms with van der Waals surface area (Å²) in [6.07, 6.45) is 2.84. The number of hydrogen-bond donors (Lipinski definition) is 0. The van der Waals surface area contributed by atoms with Gasteiger partial charge in [0.15, 0.2) is 6.29 Å². The molecule has 0 bridgehead atoms. The molecule has 26 heavy (non-hydrogen) atoms. The van der Waals surface area contributed by atoms with Crippen molar-refractivity contribution in [3.05, 3.63) is 65.3 Å². The number of hydrogen-bond acceptors (Lipinski definition) is 4. The van der Waals surface area contributed by atoms with Gasteiger partial charge in [-0.05, 0) is 35.7 Å². The molecule has 0 N–H and O–H groups in total. The predicted octanol–water partition coefficient (Wildman–Crippen LogP) is 4.75. The van der Waals surface area contributed by atoms with E-state index in [2.05, 4.69) is 16.0 Å². The first-order valence-electron chi connectivity index (χ1n) is 8.75. The number of benzene rings is 2. The number of pyridine rings is 1. The van der Waals surface area contributed by atoms with Gasteiger partial charge in [0.2, 0.25) is 0 Å². The molecule has 5 heteroatoms. The number of halogens is 1. The molecule has 0 radical (unpaired) electrons. The van der Waals surface area contributed by atoms with Crippen molar-refractivity contribution in [2.24, 2.45) is 0 Å². The van der Waals surface area contributed by atoms with E-state index in [9.17, 15) is 4.79 Å². The lowest BCUT2D eigenvalue weighted by Gasteiger charge is -2.33. The summed E-state index contributed by atoms with van der Waals surface area (Å²) in [4.78, 5) is 18.2. The average molecular weight is 367 g/mol. The van der Waals surface area contributed by atoms with E-state index in [0.717, 1.165) is 54.6 Å². The Morgan fingerprint density at radius 3 is 2.54 bits per heavy atom. The molecule has 2 aromatic carbocycles. The first-order valence-corrected chi connectivity index (χ1v) is 9.13. The zero-order valence-electron chi connectivity index (χ0n) is 14.3. The quantitative estimate of drug-likeness (QED) is 0.625. The highest BCUT2D eigenvalue weighted by molar-refractivity contribution is 6.30. The van der Waals surface area contributed by atoms with Gasteiger partial charge >= 0.3 is 0 Å². The van der Waals surface area contributed by atoms with Crippen LogP contribution in [0.2, 0.25) is 5.02 Å². The van der Waals surface area contributed by atoms with E-state index in [-0.39, 0.29) is 6.10 Å². The van der Waals surface area contributed by atoms with Gasteiger partial charge in [0, 0.05) is 36.3 Å². The Balaban J connectivity index is 1.47. The molecule has 132 valence electrons. The molecular formula is C21H19ClN2O2. The van der Waals surface area contributed by atoms with Crippen molar-refractivity contribution in [2.75, 3.05) is 18.0 Å². The van der Waals surface area contributed by atoms with Crippen molar-refractivity contribution < 1.29 is 9.53 Å². The topological polar surface area (TPSA) is 42.4 Å². The number of anilines is 1. The highest BCUT2D eigenvalue weighted by atomic mass is 35.5. The second-order valence-corrected chi connectivity index (χ2v) is 6.90. The van der Waals surface area contributed by atoms with Gasteiger partial charge in [-0.15, -0.1) is 0 Å². The maximum atomic E-state index is 11.4. The molecule has 2 heterocycles. The maximum absolute atomic E-state index is 11.4. The lowest BCUT2D eigenvalue weighted by molar-refractivity contribution is 0.112. The Bertz CT molecular complexity index is 919. The van der Waals surface area contributed by atoms with Crippen LogP contribution < -0.4 is 9.64 Å². The SMILES string of the molecule is O=Cc1nc(N2CCC(Oc3ccc(Cl)cc3)CC2)cc2ccccc12. The van der Waals surface area contributed by atoms with Crippen LogP contribution in [0.1, 0.15) is 23.3 Å². The van der Waals surface area contributed by atoms with E-state index in [4.69, 9.17) is 16.3 Å². The van der Waals surface area contributed by atoms with Crippen LogP contribution in [-0.2, 0) is 0 Å². The monoisotopic (exact) mass is 366 g/mol. The third kappa shape index (κ3) is 3.51. The summed E-state index contributed by atoms with van der Waals surface area (Å²) in [5.74, 6) is 1.70. The number of aromatic nitrogens is 1. The van der Waals surface area contributed by atoms with Crippen molar-refractivity contribution in [2.45, 2.75) is 18.9 Å². The van der Waals surface area contributed by atoms with Gasteiger partial charge in [0.05, 0.1) is 0 Å². The van der Waals surface area contributed by atoms with Crippen LogP contribution in [0.5, 0.6) is 5.75 Å². The Kier molecular flexibility index (Phi) is 4.76. The van der Waals surface area contributed by atoms with E-state index < -0.39 is 0 Å². The number of aldehydes is 1. The summed E-state index contributed by atoms with van der Waals surface area (Å²) in [5, 5.41) is 2.65. The molecule has 0 spiro atoms. The van der Waals surface area contributed by atoms with Crippen LogP contribution >= 0.6 is 11.6 Å². The van der Waals surface area contributed by atoms with Gasteiger partial charge in [-0.25, -0.2) is 4.98 Å². The largest absolute Gasteiger partial charge is 0.490 e. The van der Waals surface area contributed by atoms with Crippen LogP contribution in [-0.4, -0.2) is 30.5 Å². The van der Waals surface area contributed by atoms with Crippen molar-refractivity contribution in [1.29, 1.82) is 0 Å². The normalized spacial score (nSPS) is 15.2. The fourth-order valence-corrected chi connectivity index (χ4v) is 3.50. The van der Waals surface area contributed by atoms with Crippen LogP contribution in [0.3, 0.4) is 0 Å². The number of rotatable bonds is 4. The fraction of sp³-hybridized carbons (Fsp3) is 0.238. The lowest BCUT2D eigenvalue weighted by Crippen LogP contribution is -2.38. The molecule has 1 aliphatic heterocycles. The second kappa shape index (κ2) is 7.34. The zero-order valence-corrected chi connectivity index (χ0v) is 15.0. The first kappa shape index (κ1) is 16.9. The summed E-state index contributed by atoms with van der Waals surface area (Å²) < 4.78 is 6.05. The molecule has 0 atom stereocenters. The van der Waals surface area contributed by atoms with Gasteiger partial charge in [0.1, 0.15) is 23.4 Å². The summed E-state index contributed by atoms with van der Waals surface area (Å²) in [5.41, 5.74) is 0.498. The molecule has 1 saturated heterocycles. The highest BCUT2D eigenvalue weighted by Gasteiger charge is 2.22. The van der Waals surface area contributed by atoms with E-state index in [0.29, 0.717) is 10.7 Å². The molecular weight excluding hydrogens is 348 g/mol. The summed E-state index contributed by atoms with van der Waals surface area (Å²) >= 11 is 5.91. The van der Waals surface area contributed by atoms with Gasteiger partial charge in [-0.1, -0.05) is 35.9 Å². The van der Waals surface area contributed by atoms with Crippen LogP contribution in [0.25, 0.3) is 10.8 Å². The third-order valence-electron chi connectivity index (χ3n) is 4.75. The standard InChI is InChI=1S/C21H19ClN2O2/c22-16-5-7-17(8-6-16)26-18-9-11-24(12-10-18)21-13-15-3-1-2-4-19(15)20(14-25)23-21/h1-8,13-14,18H,9-12H2. The molecule has 4 rings (SSSR count). The molecule has 3 aromatic rings. The minimum Gasteiger partial charge on any atom is -0.490 e. The van der Waals surface area contributed by atoms with Crippen molar-refractivity contribution in [3.63, 3.8) is 0 Å². The molecule has 0 amide bonds. The number of ether oxygens (including phenoxy) is 1. The number of piperidine rings is 1. The zero-order chi connectivity index (χ0) is 17.9. The summed E-state index contributed by atoms with van der Waals surface area (Å²) in [6.45, 7) is 1.70. The minimum atomic E-state index is 0.179. The lowest BCUT2D eigenvalue weighted by atomic mass is 10.1. The number of fused-ring (bicyclic) bond motifs is 1. The van der Waals surface area contributed by atoms with Crippen LogP contribution in [0, 0.1) is 0 Å². The van der Waals surface area contributed by atoms with E-state index in [1.165, 1.54) is 0 Å². The number of carbonyl (C=O) groups excluding carboxylic acids is 1. The van der Waals surface area contributed by atoms with Crippen LogP contribution in [0.4, 0.5) is 5.82 Å². The van der Waals surface area contributed by atoms with Crippen LogP contribution in [0.15, 0.2) is 54.6 Å². The van der Waals surface area contributed by atoms with Gasteiger partial charge < -0.3 is 9.64 Å². The number of nitrogens with zero attached hydrogens (tertiary/aromatic N) is 2. The smallest absolute Gasteiger partial charge is 0.169 e. The minimum absolute atomic E-state index is 0.179. The average Bonchev–Trinajstić information content (AvgIpc) is 2.69. The fourth-order valence-electron chi connectivity index (χ4n) is 3.37.